The highest BCUT2D eigenvalue weighted by atomic mass is 32.1. The van der Waals surface area contributed by atoms with E-state index in [1.54, 1.807) is 11.3 Å². The van der Waals surface area contributed by atoms with Crippen molar-refractivity contribution < 1.29 is 9.53 Å². The second-order valence-electron chi connectivity index (χ2n) is 6.49. The van der Waals surface area contributed by atoms with Crippen molar-refractivity contribution in [2.24, 2.45) is 0 Å². The highest BCUT2D eigenvalue weighted by Gasteiger charge is 2.19. The topological polar surface area (TPSA) is 69.0 Å². The molecule has 3 aromatic heterocycles. The third-order valence-electron chi connectivity index (χ3n) is 4.49. The zero-order chi connectivity index (χ0) is 20.2. The van der Waals surface area contributed by atoms with Crippen LogP contribution in [-0.4, -0.2) is 33.7 Å². The Bertz CT molecular complexity index is 1120. The standard InChI is InChI=1S/C21H22N4O2S2/c1-3-27-12-7-11-25-16-9-5-4-8-15(16)23-21(25)24-19(26)18-14(2)22-20(29-18)17-10-6-13-28-17/h4-6,8-10,13H,3,7,11-12H2,1-2H3,(H,23,24,26). The molecule has 1 aromatic carbocycles. The van der Waals surface area contributed by atoms with Crippen molar-refractivity contribution in [1.29, 1.82) is 0 Å². The Morgan fingerprint density at radius 2 is 2.07 bits per heavy atom. The number of ether oxygens (including phenoxy) is 1. The first-order valence-corrected chi connectivity index (χ1v) is 11.2. The number of carbonyl (C=O) groups is 1. The second kappa shape index (κ2) is 8.86. The molecule has 0 aliphatic heterocycles. The largest absolute Gasteiger partial charge is 0.382 e. The van der Waals surface area contributed by atoms with Crippen molar-refractivity contribution in [2.75, 3.05) is 18.5 Å². The van der Waals surface area contributed by atoms with Gasteiger partial charge in [-0.1, -0.05) is 18.2 Å². The first kappa shape index (κ1) is 19.8. The van der Waals surface area contributed by atoms with Gasteiger partial charge in [0.15, 0.2) is 0 Å². The number of carbonyl (C=O) groups excluding carboxylic acids is 1. The minimum atomic E-state index is -0.177. The molecular weight excluding hydrogens is 404 g/mol. The molecule has 0 saturated carbocycles. The molecule has 0 spiro atoms. The zero-order valence-electron chi connectivity index (χ0n) is 16.3. The second-order valence-corrected chi connectivity index (χ2v) is 8.44. The summed E-state index contributed by atoms with van der Waals surface area (Å²) in [5, 5.41) is 5.88. The van der Waals surface area contributed by atoms with Gasteiger partial charge in [-0.05, 0) is 43.8 Å². The number of hydrogen-bond acceptors (Lipinski definition) is 6. The van der Waals surface area contributed by atoms with E-state index in [0.29, 0.717) is 24.0 Å². The number of thiazole rings is 1. The minimum Gasteiger partial charge on any atom is -0.382 e. The molecule has 0 aliphatic carbocycles. The average Bonchev–Trinajstić information content (AvgIpc) is 3.44. The smallest absolute Gasteiger partial charge is 0.269 e. The molecule has 150 valence electrons. The van der Waals surface area contributed by atoms with Crippen LogP contribution in [-0.2, 0) is 11.3 Å². The van der Waals surface area contributed by atoms with Crippen LogP contribution in [0.4, 0.5) is 5.95 Å². The molecule has 0 bridgehead atoms. The van der Waals surface area contributed by atoms with Gasteiger partial charge < -0.3 is 9.30 Å². The fraction of sp³-hybridized carbons (Fsp3) is 0.286. The van der Waals surface area contributed by atoms with Gasteiger partial charge in [0.05, 0.1) is 21.6 Å². The van der Waals surface area contributed by atoms with Crippen LogP contribution < -0.4 is 5.32 Å². The maximum atomic E-state index is 13.0. The summed E-state index contributed by atoms with van der Waals surface area (Å²) in [6, 6.07) is 11.9. The summed E-state index contributed by atoms with van der Waals surface area (Å²) in [7, 11) is 0. The number of anilines is 1. The van der Waals surface area contributed by atoms with E-state index >= 15 is 0 Å². The van der Waals surface area contributed by atoms with Gasteiger partial charge in [-0.15, -0.1) is 22.7 Å². The summed E-state index contributed by atoms with van der Waals surface area (Å²) in [6.07, 6.45) is 0.846. The molecule has 6 nitrogen and oxygen atoms in total. The molecular formula is C21H22N4O2S2. The maximum absolute atomic E-state index is 13.0. The van der Waals surface area contributed by atoms with Crippen LogP contribution >= 0.6 is 22.7 Å². The summed E-state index contributed by atoms with van der Waals surface area (Å²) in [4.78, 5) is 23.9. The normalized spacial score (nSPS) is 11.2. The van der Waals surface area contributed by atoms with Crippen LogP contribution in [0.2, 0.25) is 0 Å². The Morgan fingerprint density at radius 3 is 2.86 bits per heavy atom. The molecule has 4 rings (SSSR count). The van der Waals surface area contributed by atoms with Gasteiger partial charge in [0, 0.05) is 19.8 Å². The van der Waals surface area contributed by atoms with Crippen molar-refractivity contribution in [3.05, 3.63) is 52.3 Å². The molecule has 0 atom stereocenters. The summed E-state index contributed by atoms with van der Waals surface area (Å²) in [5.74, 6) is 0.377. The number of fused-ring (bicyclic) bond motifs is 1. The number of imidazole rings is 1. The van der Waals surface area contributed by atoms with Crippen molar-refractivity contribution >= 4 is 45.6 Å². The van der Waals surface area contributed by atoms with E-state index in [1.807, 2.05) is 60.2 Å². The predicted molar refractivity (Wildman–Crippen MR) is 119 cm³/mol. The van der Waals surface area contributed by atoms with Gasteiger partial charge in [0.2, 0.25) is 5.95 Å². The van der Waals surface area contributed by atoms with Gasteiger partial charge >= 0.3 is 0 Å². The molecule has 0 radical (unpaired) electrons. The lowest BCUT2D eigenvalue weighted by molar-refractivity contribution is 0.102. The quantitative estimate of drug-likeness (QED) is 0.393. The van der Waals surface area contributed by atoms with Gasteiger partial charge in [-0.3, -0.25) is 10.1 Å². The lowest BCUT2D eigenvalue weighted by atomic mass is 10.3. The van der Waals surface area contributed by atoms with Crippen molar-refractivity contribution in [1.82, 2.24) is 14.5 Å². The van der Waals surface area contributed by atoms with E-state index in [2.05, 4.69) is 15.3 Å². The Kier molecular flexibility index (Phi) is 6.03. The first-order valence-electron chi connectivity index (χ1n) is 9.53. The van der Waals surface area contributed by atoms with Crippen LogP contribution in [0.1, 0.15) is 28.7 Å². The van der Waals surface area contributed by atoms with Crippen LogP contribution in [0.3, 0.4) is 0 Å². The monoisotopic (exact) mass is 426 g/mol. The Hall–Kier alpha value is -2.55. The van der Waals surface area contributed by atoms with Crippen LogP contribution in [0, 0.1) is 6.92 Å². The number of nitrogens with one attached hydrogen (secondary N) is 1. The van der Waals surface area contributed by atoms with E-state index < -0.39 is 0 Å². The van der Waals surface area contributed by atoms with Crippen LogP contribution in [0.5, 0.6) is 0 Å². The number of rotatable bonds is 8. The molecule has 29 heavy (non-hydrogen) atoms. The average molecular weight is 427 g/mol. The van der Waals surface area contributed by atoms with E-state index in [0.717, 1.165) is 39.6 Å². The lowest BCUT2D eigenvalue weighted by Crippen LogP contribution is -2.16. The fourth-order valence-electron chi connectivity index (χ4n) is 3.14. The predicted octanol–water partition coefficient (Wildman–Crippen LogP) is 5.21. The van der Waals surface area contributed by atoms with Gasteiger partial charge in [0.1, 0.15) is 9.88 Å². The van der Waals surface area contributed by atoms with Gasteiger partial charge in [-0.25, -0.2) is 9.97 Å². The van der Waals surface area contributed by atoms with Gasteiger partial charge in [-0.2, -0.15) is 0 Å². The SMILES string of the molecule is CCOCCCn1c(NC(=O)c2sc(-c3cccs3)nc2C)nc2ccccc21. The van der Waals surface area contributed by atoms with E-state index in [-0.39, 0.29) is 5.91 Å². The third kappa shape index (κ3) is 4.24. The van der Waals surface area contributed by atoms with Crippen molar-refractivity contribution in [3.63, 3.8) is 0 Å². The van der Waals surface area contributed by atoms with Crippen molar-refractivity contribution in [3.8, 4) is 9.88 Å². The minimum absolute atomic E-state index is 0.177. The van der Waals surface area contributed by atoms with E-state index in [9.17, 15) is 4.79 Å². The molecule has 0 unspecified atom stereocenters. The Balaban J connectivity index is 1.59. The molecule has 8 heteroatoms. The maximum Gasteiger partial charge on any atom is 0.269 e. The molecule has 4 aromatic rings. The highest BCUT2D eigenvalue weighted by Crippen LogP contribution is 2.31. The zero-order valence-corrected chi connectivity index (χ0v) is 18.0. The number of thiophene rings is 1. The van der Waals surface area contributed by atoms with Crippen LogP contribution in [0.25, 0.3) is 20.9 Å². The molecule has 3 heterocycles. The number of aromatic nitrogens is 3. The van der Waals surface area contributed by atoms with Gasteiger partial charge in [0.25, 0.3) is 5.91 Å². The molecule has 0 fully saturated rings. The number of benzene rings is 1. The number of para-hydroxylation sites is 2. The first-order chi connectivity index (χ1) is 14.2. The molecule has 0 saturated heterocycles. The fourth-order valence-corrected chi connectivity index (χ4v) is 4.90. The lowest BCUT2D eigenvalue weighted by Gasteiger charge is -2.10. The number of hydrogen-bond donors (Lipinski definition) is 1. The third-order valence-corrected chi connectivity index (χ3v) is 6.68. The number of amides is 1. The summed E-state index contributed by atoms with van der Waals surface area (Å²) >= 11 is 3.03. The van der Waals surface area contributed by atoms with E-state index in [1.165, 1.54) is 11.3 Å². The summed E-state index contributed by atoms with van der Waals surface area (Å²) < 4.78 is 7.51. The Morgan fingerprint density at radius 1 is 1.21 bits per heavy atom. The molecule has 0 aliphatic rings. The number of nitrogens with zero attached hydrogens (tertiary/aromatic N) is 3. The summed E-state index contributed by atoms with van der Waals surface area (Å²) in [5.41, 5.74) is 2.59. The molecule has 1 N–H and O–H groups in total. The van der Waals surface area contributed by atoms with Crippen LogP contribution in [0.15, 0.2) is 41.8 Å². The molecule has 1 amide bonds. The van der Waals surface area contributed by atoms with E-state index in [4.69, 9.17) is 4.74 Å². The summed E-state index contributed by atoms with van der Waals surface area (Å²) in [6.45, 7) is 5.95. The highest BCUT2D eigenvalue weighted by molar-refractivity contribution is 7.22. The number of aryl methyl sites for hydroxylation is 2. The Labute approximate surface area is 177 Å². The van der Waals surface area contributed by atoms with Crippen molar-refractivity contribution in [2.45, 2.75) is 26.8 Å².